The van der Waals surface area contributed by atoms with Crippen molar-refractivity contribution in [3.05, 3.63) is 22.5 Å². The molecule has 0 radical (unpaired) electrons. The van der Waals surface area contributed by atoms with Gasteiger partial charge in [0.1, 0.15) is 5.75 Å². The van der Waals surface area contributed by atoms with Gasteiger partial charge in [-0.25, -0.2) is 4.98 Å². The standard InChI is InChI=1S/C14H15N3OS2/c1-7(14(15)16)6-18-10-5-11-12(17-8(2)20-11)13-9(10)3-4-19-13/h3-5,7H,6H2,1-2H3,(H3,15,16). The van der Waals surface area contributed by atoms with Crippen LogP contribution in [0.15, 0.2) is 17.5 Å². The molecule has 3 N–H and O–H groups in total. The zero-order valence-corrected chi connectivity index (χ0v) is 12.9. The second kappa shape index (κ2) is 5.03. The van der Waals surface area contributed by atoms with E-state index in [4.69, 9.17) is 15.9 Å². The fraction of sp³-hybridized carbons (Fsp3) is 0.286. The Labute approximate surface area is 124 Å². The van der Waals surface area contributed by atoms with Gasteiger partial charge in [0.2, 0.25) is 0 Å². The van der Waals surface area contributed by atoms with E-state index in [2.05, 4.69) is 16.4 Å². The third-order valence-corrected chi connectivity index (χ3v) is 5.03. The number of ether oxygens (including phenoxy) is 1. The van der Waals surface area contributed by atoms with Crippen LogP contribution in [-0.2, 0) is 0 Å². The van der Waals surface area contributed by atoms with Crippen LogP contribution in [0.4, 0.5) is 0 Å². The third-order valence-electron chi connectivity index (χ3n) is 3.19. The molecule has 1 atom stereocenters. The first-order chi connectivity index (χ1) is 9.56. The molecule has 0 saturated carbocycles. The summed E-state index contributed by atoms with van der Waals surface area (Å²) in [4.78, 5) is 4.60. The lowest BCUT2D eigenvalue weighted by atomic mass is 10.2. The Kier molecular flexibility index (Phi) is 3.35. The first-order valence-electron chi connectivity index (χ1n) is 6.30. The number of thiophene rings is 1. The number of benzene rings is 1. The molecule has 6 heteroatoms. The largest absolute Gasteiger partial charge is 0.492 e. The minimum absolute atomic E-state index is 0.0809. The summed E-state index contributed by atoms with van der Waals surface area (Å²) in [6.07, 6.45) is 0. The number of thiazole rings is 1. The lowest BCUT2D eigenvalue weighted by Crippen LogP contribution is -2.25. The number of fused-ring (bicyclic) bond motifs is 3. The van der Waals surface area contributed by atoms with Crippen LogP contribution < -0.4 is 10.5 Å². The summed E-state index contributed by atoms with van der Waals surface area (Å²) >= 11 is 3.36. The van der Waals surface area contributed by atoms with Crippen LogP contribution in [0.5, 0.6) is 5.75 Å². The molecule has 20 heavy (non-hydrogen) atoms. The summed E-state index contributed by atoms with van der Waals surface area (Å²) in [6.45, 7) is 4.33. The van der Waals surface area contributed by atoms with E-state index in [0.29, 0.717) is 6.61 Å². The molecule has 1 unspecified atom stereocenters. The summed E-state index contributed by atoms with van der Waals surface area (Å²) in [7, 11) is 0. The summed E-state index contributed by atoms with van der Waals surface area (Å²) in [6, 6.07) is 4.10. The number of nitrogens with two attached hydrogens (primary N) is 1. The maximum absolute atomic E-state index is 7.43. The van der Waals surface area contributed by atoms with E-state index in [-0.39, 0.29) is 11.8 Å². The van der Waals surface area contributed by atoms with Gasteiger partial charge in [-0.2, -0.15) is 0 Å². The van der Waals surface area contributed by atoms with Crippen molar-refractivity contribution in [3.63, 3.8) is 0 Å². The highest BCUT2D eigenvalue weighted by Gasteiger charge is 2.14. The number of nitrogens with zero attached hydrogens (tertiary/aromatic N) is 1. The van der Waals surface area contributed by atoms with Crippen molar-refractivity contribution in [1.82, 2.24) is 4.98 Å². The van der Waals surface area contributed by atoms with Crippen molar-refractivity contribution in [1.29, 1.82) is 5.41 Å². The van der Waals surface area contributed by atoms with Crippen LogP contribution in [0.25, 0.3) is 20.3 Å². The number of nitrogens with one attached hydrogen (secondary N) is 1. The van der Waals surface area contributed by atoms with Crippen LogP contribution in [0.3, 0.4) is 0 Å². The second-order valence-corrected chi connectivity index (χ2v) is 6.94. The highest BCUT2D eigenvalue weighted by molar-refractivity contribution is 7.21. The van der Waals surface area contributed by atoms with Gasteiger partial charge in [-0.15, -0.1) is 22.7 Å². The quantitative estimate of drug-likeness (QED) is 0.569. The van der Waals surface area contributed by atoms with Crippen molar-refractivity contribution in [2.45, 2.75) is 13.8 Å². The highest BCUT2D eigenvalue weighted by atomic mass is 32.1. The van der Waals surface area contributed by atoms with Crippen molar-refractivity contribution in [2.75, 3.05) is 6.61 Å². The summed E-state index contributed by atoms with van der Waals surface area (Å²) < 4.78 is 8.19. The van der Waals surface area contributed by atoms with E-state index in [0.717, 1.165) is 31.1 Å². The van der Waals surface area contributed by atoms with E-state index < -0.39 is 0 Å². The lowest BCUT2D eigenvalue weighted by Gasteiger charge is -2.12. The molecule has 0 aliphatic carbocycles. The molecule has 2 heterocycles. The van der Waals surface area contributed by atoms with Gasteiger partial charge in [-0.1, -0.05) is 6.92 Å². The molecule has 104 valence electrons. The predicted molar refractivity (Wildman–Crippen MR) is 86.3 cm³/mol. The minimum atomic E-state index is -0.0809. The maximum atomic E-state index is 7.43. The lowest BCUT2D eigenvalue weighted by molar-refractivity contribution is 0.295. The first kappa shape index (κ1) is 13.3. The molecule has 3 rings (SSSR count). The number of hydrogen-bond acceptors (Lipinski definition) is 5. The second-order valence-electron chi connectivity index (χ2n) is 4.79. The first-order valence-corrected chi connectivity index (χ1v) is 8.00. The van der Waals surface area contributed by atoms with Crippen LogP contribution in [0, 0.1) is 18.3 Å². The molecule has 0 aliphatic rings. The fourth-order valence-electron chi connectivity index (χ4n) is 2.01. The number of hydrogen-bond donors (Lipinski definition) is 2. The van der Waals surface area contributed by atoms with Crippen LogP contribution in [-0.4, -0.2) is 17.4 Å². The van der Waals surface area contributed by atoms with E-state index in [1.54, 1.807) is 22.7 Å². The number of amidine groups is 1. The predicted octanol–water partition coefficient (Wildman–Crippen LogP) is 3.77. The van der Waals surface area contributed by atoms with E-state index in [9.17, 15) is 0 Å². The minimum Gasteiger partial charge on any atom is -0.492 e. The van der Waals surface area contributed by atoms with Gasteiger partial charge < -0.3 is 10.5 Å². The van der Waals surface area contributed by atoms with Gasteiger partial charge >= 0.3 is 0 Å². The number of aryl methyl sites for hydroxylation is 1. The summed E-state index contributed by atoms with van der Waals surface area (Å²) in [5.74, 6) is 0.925. The van der Waals surface area contributed by atoms with Crippen molar-refractivity contribution >= 4 is 48.8 Å². The van der Waals surface area contributed by atoms with Crippen molar-refractivity contribution < 1.29 is 4.74 Å². The van der Waals surface area contributed by atoms with Gasteiger partial charge in [0, 0.05) is 17.4 Å². The molecule has 0 aliphatic heterocycles. The Balaban J connectivity index is 2.04. The van der Waals surface area contributed by atoms with Crippen molar-refractivity contribution in [3.8, 4) is 5.75 Å². The molecule has 2 aromatic heterocycles. The Morgan fingerprint density at radius 1 is 1.55 bits per heavy atom. The monoisotopic (exact) mass is 305 g/mol. The van der Waals surface area contributed by atoms with Gasteiger partial charge in [0.25, 0.3) is 0 Å². The maximum Gasteiger partial charge on any atom is 0.129 e. The SMILES string of the molecule is Cc1nc2c(cc(OCC(C)C(=N)N)c3ccsc32)s1. The van der Waals surface area contributed by atoms with Crippen LogP contribution in [0.1, 0.15) is 11.9 Å². The van der Waals surface area contributed by atoms with E-state index in [1.807, 2.05) is 19.9 Å². The van der Waals surface area contributed by atoms with E-state index in [1.165, 1.54) is 0 Å². The molecular formula is C14H15N3OS2. The molecule has 4 nitrogen and oxygen atoms in total. The molecule has 0 amide bonds. The van der Waals surface area contributed by atoms with Crippen molar-refractivity contribution in [2.24, 2.45) is 11.7 Å². The Bertz CT molecular complexity index is 790. The average Bonchev–Trinajstić information content (AvgIpc) is 3.00. The molecule has 1 aromatic carbocycles. The normalized spacial score (nSPS) is 12.9. The Morgan fingerprint density at radius 2 is 2.35 bits per heavy atom. The Morgan fingerprint density at radius 3 is 3.10 bits per heavy atom. The average molecular weight is 305 g/mol. The third kappa shape index (κ3) is 2.25. The van der Waals surface area contributed by atoms with Crippen LogP contribution >= 0.6 is 22.7 Å². The highest BCUT2D eigenvalue weighted by Crippen LogP contribution is 2.38. The van der Waals surface area contributed by atoms with Gasteiger partial charge in [0.15, 0.2) is 0 Å². The number of aromatic nitrogens is 1. The molecule has 0 bridgehead atoms. The Hall–Kier alpha value is -1.66. The zero-order chi connectivity index (χ0) is 14.3. The van der Waals surface area contributed by atoms with Crippen LogP contribution in [0.2, 0.25) is 0 Å². The van der Waals surface area contributed by atoms with Gasteiger partial charge in [-0.05, 0) is 18.4 Å². The summed E-state index contributed by atoms with van der Waals surface area (Å²) in [5.41, 5.74) is 6.54. The fourth-order valence-corrected chi connectivity index (χ4v) is 3.84. The van der Waals surface area contributed by atoms with Gasteiger partial charge in [-0.3, -0.25) is 5.41 Å². The van der Waals surface area contributed by atoms with Gasteiger partial charge in [0.05, 0.1) is 32.4 Å². The molecule has 0 saturated heterocycles. The molecule has 0 spiro atoms. The number of rotatable bonds is 4. The molecule has 0 fully saturated rings. The van der Waals surface area contributed by atoms with E-state index >= 15 is 0 Å². The molecule has 3 aromatic rings. The smallest absolute Gasteiger partial charge is 0.129 e. The molecular weight excluding hydrogens is 290 g/mol. The zero-order valence-electron chi connectivity index (χ0n) is 11.3. The topological polar surface area (TPSA) is 72.0 Å². The summed E-state index contributed by atoms with van der Waals surface area (Å²) in [5, 5.41) is 11.6.